The minimum atomic E-state index is -0.220. The second kappa shape index (κ2) is 5.54. The van der Waals surface area contributed by atoms with Gasteiger partial charge in [0.05, 0.1) is 16.6 Å². The minimum Gasteiger partial charge on any atom is -0.271 e. The Kier molecular flexibility index (Phi) is 3.60. The Labute approximate surface area is 121 Å². The molecule has 0 amide bonds. The number of hydrogen-bond donors (Lipinski definition) is 2. The summed E-state index contributed by atoms with van der Waals surface area (Å²) < 4.78 is 0. The molecule has 0 saturated heterocycles. The molecule has 1 unspecified atom stereocenters. The number of nitrogens with two attached hydrogens (primary N) is 1. The largest absolute Gasteiger partial charge is 0.271 e. The molecular formula is C15H13ClN4. The first kappa shape index (κ1) is 13.0. The van der Waals surface area contributed by atoms with Crippen LogP contribution in [0.1, 0.15) is 17.2 Å². The Balaban J connectivity index is 2.10. The third-order valence-electron chi connectivity index (χ3n) is 3.23. The van der Waals surface area contributed by atoms with E-state index < -0.39 is 0 Å². The SMILES string of the molecule is NNC(c1cnc2ccccc2c1)c1ccncc1Cl. The smallest absolute Gasteiger partial charge is 0.0740 e. The first-order valence-corrected chi connectivity index (χ1v) is 6.57. The Morgan fingerprint density at radius 2 is 2.00 bits per heavy atom. The third-order valence-corrected chi connectivity index (χ3v) is 3.54. The standard InChI is InChI=1S/C15H13ClN4/c16-13-9-18-6-5-12(13)15(20-17)11-7-10-3-1-2-4-14(10)19-8-11/h1-9,15,20H,17H2. The van der Waals surface area contributed by atoms with Crippen molar-refractivity contribution in [1.29, 1.82) is 0 Å². The van der Waals surface area contributed by atoms with Crippen LogP contribution in [0.4, 0.5) is 0 Å². The van der Waals surface area contributed by atoms with Crippen LogP contribution in [-0.2, 0) is 0 Å². The molecule has 20 heavy (non-hydrogen) atoms. The highest BCUT2D eigenvalue weighted by atomic mass is 35.5. The summed E-state index contributed by atoms with van der Waals surface area (Å²) in [7, 11) is 0. The molecule has 1 aromatic carbocycles. The second-order valence-corrected chi connectivity index (χ2v) is 4.87. The summed E-state index contributed by atoms with van der Waals surface area (Å²) in [5, 5.41) is 1.64. The first-order valence-electron chi connectivity index (χ1n) is 6.20. The van der Waals surface area contributed by atoms with Crippen molar-refractivity contribution >= 4 is 22.5 Å². The van der Waals surface area contributed by atoms with Gasteiger partial charge in [0.1, 0.15) is 0 Å². The summed E-state index contributed by atoms with van der Waals surface area (Å²) >= 11 is 6.19. The second-order valence-electron chi connectivity index (χ2n) is 4.46. The van der Waals surface area contributed by atoms with Crippen molar-refractivity contribution in [2.45, 2.75) is 6.04 Å². The molecule has 0 aliphatic heterocycles. The number of nitrogens with one attached hydrogen (secondary N) is 1. The lowest BCUT2D eigenvalue weighted by molar-refractivity contribution is 0.635. The Hall–Kier alpha value is -2.01. The number of halogens is 1. The average molecular weight is 285 g/mol. The number of hydrogen-bond acceptors (Lipinski definition) is 4. The van der Waals surface area contributed by atoms with E-state index in [0.29, 0.717) is 5.02 Å². The maximum Gasteiger partial charge on any atom is 0.0740 e. The average Bonchev–Trinajstić information content (AvgIpc) is 2.50. The van der Waals surface area contributed by atoms with Gasteiger partial charge in [-0.05, 0) is 29.3 Å². The molecule has 0 aliphatic carbocycles. The van der Waals surface area contributed by atoms with E-state index in [2.05, 4.69) is 21.5 Å². The van der Waals surface area contributed by atoms with Gasteiger partial charge in [0.2, 0.25) is 0 Å². The summed E-state index contributed by atoms with van der Waals surface area (Å²) in [6, 6.07) is 11.6. The molecule has 0 spiro atoms. The Morgan fingerprint density at radius 3 is 2.80 bits per heavy atom. The lowest BCUT2D eigenvalue weighted by Crippen LogP contribution is -2.29. The molecule has 1 atom stereocenters. The van der Waals surface area contributed by atoms with Crippen LogP contribution in [0.5, 0.6) is 0 Å². The Morgan fingerprint density at radius 1 is 1.15 bits per heavy atom. The molecule has 0 fully saturated rings. The van der Waals surface area contributed by atoms with Crippen molar-refractivity contribution < 1.29 is 0 Å². The van der Waals surface area contributed by atoms with Gasteiger partial charge in [-0.25, -0.2) is 5.43 Å². The zero-order chi connectivity index (χ0) is 13.9. The van der Waals surface area contributed by atoms with Crippen LogP contribution >= 0.6 is 11.6 Å². The molecule has 0 saturated carbocycles. The van der Waals surface area contributed by atoms with E-state index in [1.165, 1.54) is 0 Å². The summed E-state index contributed by atoms with van der Waals surface area (Å²) in [4.78, 5) is 8.44. The van der Waals surface area contributed by atoms with E-state index in [4.69, 9.17) is 17.4 Å². The number of nitrogens with zero attached hydrogens (tertiary/aromatic N) is 2. The molecule has 0 bridgehead atoms. The summed E-state index contributed by atoms with van der Waals surface area (Å²) in [6.45, 7) is 0. The lowest BCUT2D eigenvalue weighted by Gasteiger charge is -2.18. The quantitative estimate of drug-likeness (QED) is 0.573. The maximum atomic E-state index is 6.19. The number of rotatable bonds is 3. The van der Waals surface area contributed by atoms with Crippen LogP contribution in [0.3, 0.4) is 0 Å². The van der Waals surface area contributed by atoms with Crippen molar-refractivity contribution in [2.75, 3.05) is 0 Å². The molecule has 5 heteroatoms. The van der Waals surface area contributed by atoms with Crippen LogP contribution < -0.4 is 11.3 Å². The van der Waals surface area contributed by atoms with Crippen LogP contribution in [0.2, 0.25) is 5.02 Å². The van der Waals surface area contributed by atoms with E-state index in [1.807, 2.05) is 36.5 Å². The van der Waals surface area contributed by atoms with Crippen LogP contribution in [0.25, 0.3) is 10.9 Å². The monoisotopic (exact) mass is 284 g/mol. The van der Waals surface area contributed by atoms with Gasteiger partial charge in [0, 0.05) is 24.0 Å². The zero-order valence-corrected chi connectivity index (χ0v) is 11.4. The summed E-state index contributed by atoms with van der Waals surface area (Å²) in [6.07, 6.45) is 5.11. The summed E-state index contributed by atoms with van der Waals surface area (Å²) in [5.41, 5.74) is 5.57. The number of fused-ring (bicyclic) bond motifs is 1. The molecule has 2 aromatic heterocycles. The number of benzene rings is 1. The zero-order valence-electron chi connectivity index (χ0n) is 10.6. The van der Waals surface area contributed by atoms with Gasteiger partial charge in [-0.2, -0.15) is 0 Å². The predicted molar refractivity (Wildman–Crippen MR) is 80.2 cm³/mol. The predicted octanol–water partition coefficient (Wildman–Crippen LogP) is 2.84. The number of hydrazine groups is 1. The molecule has 0 radical (unpaired) electrons. The number of aromatic nitrogens is 2. The van der Waals surface area contributed by atoms with Gasteiger partial charge < -0.3 is 0 Å². The number of para-hydroxylation sites is 1. The van der Waals surface area contributed by atoms with Crippen molar-refractivity contribution in [3.63, 3.8) is 0 Å². The minimum absolute atomic E-state index is 0.220. The van der Waals surface area contributed by atoms with Gasteiger partial charge >= 0.3 is 0 Å². The molecule has 4 nitrogen and oxygen atoms in total. The molecule has 0 aliphatic rings. The van der Waals surface area contributed by atoms with Gasteiger partial charge in [0.15, 0.2) is 0 Å². The van der Waals surface area contributed by atoms with Crippen LogP contribution in [0, 0.1) is 0 Å². The fourth-order valence-corrected chi connectivity index (χ4v) is 2.46. The third kappa shape index (κ3) is 2.36. The number of pyridine rings is 2. The highest BCUT2D eigenvalue weighted by molar-refractivity contribution is 6.31. The summed E-state index contributed by atoms with van der Waals surface area (Å²) in [5.74, 6) is 5.69. The van der Waals surface area contributed by atoms with E-state index >= 15 is 0 Å². The van der Waals surface area contributed by atoms with Gasteiger partial charge in [-0.15, -0.1) is 0 Å². The van der Waals surface area contributed by atoms with Crippen molar-refractivity contribution in [1.82, 2.24) is 15.4 Å². The van der Waals surface area contributed by atoms with Crippen molar-refractivity contribution in [3.05, 3.63) is 71.1 Å². The van der Waals surface area contributed by atoms with E-state index in [0.717, 1.165) is 22.0 Å². The fourth-order valence-electron chi connectivity index (χ4n) is 2.23. The van der Waals surface area contributed by atoms with Crippen LogP contribution in [-0.4, -0.2) is 9.97 Å². The van der Waals surface area contributed by atoms with E-state index in [9.17, 15) is 0 Å². The highest BCUT2D eigenvalue weighted by Gasteiger charge is 2.16. The fraction of sp³-hybridized carbons (Fsp3) is 0.0667. The van der Waals surface area contributed by atoms with Gasteiger partial charge in [0.25, 0.3) is 0 Å². The Bertz CT molecular complexity index is 745. The molecular weight excluding hydrogens is 272 g/mol. The van der Waals surface area contributed by atoms with Gasteiger partial charge in [-0.3, -0.25) is 15.8 Å². The molecule has 3 rings (SSSR count). The molecule has 3 aromatic rings. The topological polar surface area (TPSA) is 63.8 Å². The maximum absolute atomic E-state index is 6.19. The van der Waals surface area contributed by atoms with Crippen molar-refractivity contribution in [2.24, 2.45) is 5.84 Å². The normalized spacial score (nSPS) is 12.5. The molecule has 100 valence electrons. The van der Waals surface area contributed by atoms with Crippen molar-refractivity contribution in [3.8, 4) is 0 Å². The molecule has 3 N–H and O–H groups in total. The first-order chi connectivity index (χ1) is 9.79. The van der Waals surface area contributed by atoms with Gasteiger partial charge in [-0.1, -0.05) is 29.8 Å². The highest BCUT2D eigenvalue weighted by Crippen LogP contribution is 2.28. The van der Waals surface area contributed by atoms with E-state index in [1.54, 1.807) is 12.4 Å². The lowest BCUT2D eigenvalue weighted by atomic mass is 10.0. The van der Waals surface area contributed by atoms with Crippen LogP contribution in [0.15, 0.2) is 55.0 Å². The molecule has 2 heterocycles. The van der Waals surface area contributed by atoms with E-state index in [-0.39, 0.29) is 6.04 Å².